The number of carbonyl (C=O) groups excluding carboxylic acids is 2. The van der Waals surface area contributed by atoms with Crippen molar-refractivity contribution < 1.29 is 23.8 Å². The molecule has 0 heterocycles. The second kappa shape index (κ2) is 11.7. The minimum Gasteiger partial charge on any atom is -0.493 e. The maximum absolute atomic E-state index is 13.2. The molecule has 172 valence electrons. The van der Waals surface area contributed by atoms with Crippen molar-refractivity contribution in [3.05, 3.63) is 95.6 Å². The molecule has 6 heteroatoms. The van der Waals surface area contributed by atoms with Crippen LogP contribution in [0.3, 0.4) is 0 Å². The third-order valence-corrected chi connectivity index (χ3v) is 5.54. The first-order valence-electron chi connectivity index (χ1n) is 10.7. The Hall–Kier alpha value is -3.80. The van der Waals surface area contributed by atoms with Gasteiger partial charge in [-0.1, -0.05) is 66.7 Å². The molecule has 33 heavy (non-hydrogen) atoms. The molecule has 3 rings (SSSR count). The molecule has 3 aromatic carbocycles. The van der Waals surface area contributed by atoms with Crippen LogP contribution in [-0.2, 0) is 14.3 Å². The highest BCUT2D eigenvalue weighted by Crippen LogP contribution is 2.32. The van der Waals surface area contributed by atoms with Crippen LogP contribution in [0.15, 0.2) is 78.9 Å². The minimum atomic E-state index is -0.572. The summed E-state index contributed by atoms with van der Waals surface area (Å²) in [6.45, 7) is 0. The Morgan fingerprint density at radius 1 is 0.727 bits per heavy atom. The predicted molar refractivity (Wildman–Crippen MR) is 126 cm³/mol. The van der Waals surface area contributed by atoms with Crippen molar-refractivity contribution in [1.82, 2.24) is 5.32 Å². The van der Waals surface area contributed by atoms with Crippen molar-refractivity contribution in [2.75, 3.05) is 21.3 Å². The van der Waals surface area contributed by atoms with Crippen LogP contribution in [-0.4, -0.2) is 33.2 Å². The van der Waals surface area contributed by atoms with Crippen molar-refractivity contribution in [3.8, 4) is 11.5 Å². The average molecular weight is 448 g/mol. The molecule has 1 N–H and O–H groups in total. The van der Waals surface area contributed by atoms with Gasteiger partial charge in [0.2, 0.25) is 5.91 Å². The molecular weight excluding hydrogens is 418 g/mol. The Bertz CT molecular complexity index is 1010. The topological polar surface area (TPSA) is 73.9 Å². The summed E-state index contributed by atoms with van der Waals surface area (Å²) >= 11 is 0. The van der Waals surface area contributed by atoms with E-state index >= 15 is 0 Å². The zero-order valence-electron chi connectivity index (χ0n) is 19.1. The van der Waals surface area contributed by atoms with Gasteiger partial charge in [-0.2, -0.15) is 0 Å². The van der Waals surface area contributed by atoms with Crippen LogP contribution >= 0.6 is 0 Å². The van der Waals surface area contributed by atoms with E-state index in [2.05, 4.69) is 5.32 Å². The molecule has 0 bridgehead atoms. The lowest BCUT2D eigenvalue weighted by atomic mass is 9.88. The standard InChI is InChI=1S/C27H29NO5/c1-31-24-15-14-21(16-25(24)32-2)23(18-27(30)33-3)28-26(29)17-22(19-10-6-4-7-11-19)20-12-8-5-9-13-20/h4-16,22-23H,17-18H2,1-3H3,(H,28,29). The molecule has 0 aromatic heterocycles. The second-order valence-electron chi connectivity index (χ2n) is 7.59. The fourth-order valence-corrected chi connectivity index (χ4v) is 3.81. The fraction of sp³-hybridized carbons (Fsp3) is 0.259. The van der Waals surface area contributed by atoms with Crippen LogP contribution in [0.5, 0.6) is 11.5 Å². The van der Waals surface area contributed by atoms with Gasteiger partial charge in [0, 0.05) is 12.3 Å². The smallest absolute Gasteiger partial charge is 0.307 e. The third kappa shape index (κ3) is 6.35. The lowest BCUT2D eigenvalue weighted by molar-refractivity contribution is -0.141. The molecule has 0 aliphatic rings. The molecule has 1 unspecified atom stereocenters. The first-order valence-corrected chi connectivity index (χ1v) is 10.7. The number of hydrogen-bond acceptors (Lipinski definition) is 5. The zero-order chi connectivity index (χ0) is 23.6. The zero-order valence-corrected chi connectivity index (χ0v) is 19.1. The van der Waals surface area contributed by atoms with E-state index in [0.717, 1.165) is 16.7 Å². The molecule has 3 aromatic rings. The van der Waals surface area contributed by atoms with Gasteiger partial charge in [-0.05, 0) is 28.8 Å². The van der Waals surface area contributed by atoms with E-state index in [4.69, 9.17) is 14.2 Å². The molecule has 1 amide bonds. The normalized spacial score (nSPS) is 11.5. The summed E-state index contributed by atoms with van der Waals surface area (Å²) in [4.78, 5) is 25.3. The van der Waals surface area contributed by atoms with Gasteiger partial charge in [-0.25, -0.2) is 0 Å². The minimum absolute atomic E-state index is 0.000929. The van der Waals surface area contributed by atoms with E-state index in [9.17, 15) is 9.59 Å². The molecule has 0 radical (unpaired) electrons. The van der Waals surface area contributed by atoms with Crippen LogP contribution < -0.4 is 14.8 Å². The van der Waals surface area contributed by atoms with E-state index in [-0.39, 0.29) is 24.7 Å². The molecule has 6 nitrogen and oxygen atoms in total. The first kappa shape index (κ1) is 23.9. The Balaban J connectivity index is 1.85. The average Bonchev–Trinajstić information content (AvgIpc) is 2.87. The molecule has 1 atom stereocenters. The molecule has 0 saturated heterocycles. The largest absolute Gasteiger partial charge is 0.493 e. The van der Waals surface area contributed by atoms with Gasteiger partial charge in [0.15, 0.2) is 11.5 Å². The predicted octanol–water partition coefficient (Wildman–Crippen LogP) is 4.65. The van der Waals surface area contributed by atoms with Gasteiger partial charge in [-0.15, -0.1) is 0 Å². The van der Waals surface area contributed by atoms with Gasteiger partial charge >= 0.3 is 5.97 Å². The van der Waals surface area contributed by atoms with Crippen LogP contribution in [0.1, 0.15) is 41.5 Å². The number of benzene rings is 3. The van der Waals surface area contributed by atoms with Crippen molar-refractivity contribution in [2.24, 2.45) is 0 Å². The number of rotatable bonds is 10. The third-order valence-electron chi connectivity index (χ3n) is 5.54. The Kier molecular flexibility index (Phi) is 8.47. The summed E-state index contributed by atoms with van der Waals surface area (Å²) in [5, 5.41) is 3.02. The van der Waals surface area contributed by atoms with Crippen molar-refractivity contribution in [3.63, 3.8) is 0 Å². The lowest BCUT2D eigenvalue weighted by Crippen LogP contribution is -2.31. The molecular formula is C27H29NO5. The van der Waals surface area contributed by atoms with E-state index in [1.165, 1.54) is 7.11 Å². The highest BCUT2D eigenvalue weighted by molar-refractivity contribution is 5.79. The summed E-state index contributed by atoms with van der Waals surface area (Å²) < 4.78 is 15.5. The molecule has 0 spiro atoms. The number of ether oxygens (including phenoxy) is 3. The second-order valence-corrected chi connectivity index (χ2v) is 7.59. The quantitative estimate of drug-likeness (QED) is 0.458. The van der Waals surface area contributed by atoms with Crippen molar-refractivity contribution in [1.29, 1.82) is 0 Å². The van der Waals surface area contributed by atoms with E-state index in [0.29, 0.717) is 11.5 Å². The molecule has 0 saturated carbocycles. The monoisotopic (exact) mass is 447 g/mol. The summed E-state index contributed by atoms with van der Waals surface area (Å²) in [6, 6.07) is 24.6. The maximum atomic E-state index is 13.2. The van der Waals surface area contributed by atoms with Crippen LogP contribution in [0.4, 0.5) is 0 Å². The van der Waals surface area contributed by atoms with E-state index in [1.807, 2.05) is 60.7 Å². The summed E-state index contributed by atoms with van der Waals surface area (Å²) in [5.74, 6) is 0.383. The summed E-state index contributed by atoms with van der Waals surface area (Å²) in [5.41, 5.74) is 2.83. The van der Waals surface area contributed by atoms with E-state index in [1.54, 1.807) is 32.4 Å². The van der Waals surface area contributed by atoms with Gasteiger partial charge in [0.1, 0.15) is 0 Å². The van der Waals surface area contributed by atoms with Crippen molar-refractivity contribution >= 4 is 11.9 Å². The highest BCUT2D eigenvalue weighted by atomic mass is 16.5. The van der Waals surface area contributed by atoms with Gasteiger partial charge < -0.3 is 19.5 Å². The Morgan fingerprint density at radius 3 is 1.82 bits per heavy atom. The van der Waals surface area contributed by atoms with Crippen LogP contribution in [0.25, 0.3) is 0 Å². The van der Waals surface area contributed by atoms with E-state index < -0.39 is 12.0 Å². The van der Waals surface area contributed by atoms with Gasteiger partial charge in [0.05, 0.1) is 33.8 Å². The summed E-state index contributed by atoms with van der Waals surface area (Å²) in [6.07, 6.45) is 0.234. The summed E-state index contributed by atoms with van der Waals surface area (Å²) in [7, 11) is 4.43. The van der Waals surface area contributed by atoms with Crippen molar-refractivity contribution in [2.45, 2.75) is 24.8 Å². The van der Waals surface area contributed by atoms with Crippen LogP contribution in [0, 0.1) is 0 Å². The number of amides is 1. The SMILES string of the molecule is COC(=O)CC(NC(=O)CC(c1ccccc1)c1ccccc1)c1ccc(OC)c(OC)c1. The number of carbonyl (C=O) groups is 2. The number of nitrogens with one attached hydrogen (secondary N) is 1. The van der Waals surface area contributed by atoms with Crippen LogP contribution in [0.2, 0.25) is 0 Å². The number of esters is 1. The highest BCUT2D eigenvalue weighted by Gasteiger charge is 2.24. The van der Waals surface area contributed by atoms with Gasteiger partial charge in [-0.3, -0.25) is 9.59 Å². The molecule has 0 aliphatic carbocycles. The fourth-order valence-electron chi connectivity index (χ4n) is 3.81. The maximum Gasteiger partial charge on any atom is 0.307 e. The molecule has 0 aliphatic heterocycles. The number of hydrogen-bond donors (Lipinski definition) is 1. The van der Waals surface area contributed by atoms with Gasteiger partial charge in [0.25, 0.3) is 0 Å². The first-order chi connectivity index (χ1) is 16.0. The lowest BCUT2D eigenvalue weighted by Gasteiger charge is -2.22. The number of methoxy groups -OCH3 is 3. The Morgan fingerprint density at radius 2 is 1.30 bits per heavy atom. The molecule has 0 fully saturated rings. The Labute approximate surface area is 194 Å².